The number of benzene rings is 1. The van der Waals surface area contributed by atoms with Crippen LogP contribution in [0.15, 0.2) is 36.4 Å². The number of pyridine rings is 1. The van der Waals surface area contributed by atoms with E-state index < -0.39 is 22.8 Å². The standard InChI is InChI=1S/C14H9ClF3NO/c1-8-3-2-4-9(7-8)12(20)10-5-6-11(14(16,17)18)19-13(10)15/h2-7H,1H3. The number of ketones is 1. The largest absolute Gasteiger partial charge is 0.433 e. The van der Waals surface area contributed by atoms with E-state index in [4.69, 9.17) is 11.6 Å². The van der Waals surface area contributed by atoms with Crippen molar-refractivity contribution in [3.63, 3.8) is 0 Å². The molecule has 104 valence electrons. The van der Waals surface area contributed by atoms with E-state index in [9.17, 15) is 18.0 Å². The Hall–Kier alpha value is -1.88. The zero-order chi connectivity index (χ0) is 14.9. The van der Waals surface area contributed by atoms with Gasteiger partial charge in [-0.3, -0.25) is 4.79 Å². The van der Waals surface area contributed by atoms with Crippen molar-refractivity contribution in [1.82, 2.24) is 4.98 Å². The van der Waals surface area contributed by atoms with Crippen LogP contribution < -0.4 is 0 Å². The highest BCUT2D eigenvalue weighted by Crippen LogP contribution is 2.30. The van der Waals surface area contributed by atoms with Gasteiger partial charge in [0.15, 0.2) is 5.78 Å². The molecule has 0 bridgehead atoms. The summed E-state index contributed by atoms with van der Waals surface area (Å²) < 4.78 is 37.4. The van der Waals surface area contributed by atoms with Crippen molar-refractivity contribution in [2.75, 3.05) is 0 Å². The SMILES string of the molecule is Cc1cccc(C(=O)c2ccc(C(F)(F)F)nc2Cl)c1. The van der Waals surface area contributed by atoms with E-state index in [0.29, 0.717) is 5.56 Å². The van der Waals surface area contributed by atoms with Crippen molar-refractivity contribution < 1.29 is 18.0 Å². The lowest BCUT2D eigenvalue weighted by Gasteiger charge is -2.08. The van der Waals surface area contributed by atoms with E-state index in [1.165, 1.54) is 0 Å². The summed E-state index contributed by atoms with van der Waals surface area (Å²) in [5.74, 6) is -0.458. The van der Waals surface area contributed by atoms with E-state index >= 15 is 0 Å². The van der Waals surface area contributed by atoms with Gasteiger partial charge in [0.1, 0.15) is 10.8 Å². The quantitative estimate of drug-likeness (QED) is 0.611. The van der Waals surface area contributed by atoms with Gasteiger partial charge in [0.25, 0.3) is 0 Å². The maximum absolute atomic E-state index is 12.5. The van der Waals surface area contributed by atoms with Gasteiger partial charge in [-0.1, -0.05) is 35.4 Å². The molecule has 0 radical (unpaired) electrons. The summed E-state index contributed by atoms with van der Waals surface area (Å²) in [5, 5.41) is -0.452. The summed E-state index contributed by atoms with van der Waals surface area (Å²) >= 11 is 5.69. The summed E-state index contributed by atoms with van der Waals surface area (Å²) in [7, 11) is 0. The third-order valence-electron chi connectivity index (χ3n) is 2.66. The van der Waals surface area contributed by atoms with Crippen LogP contribution in [0.25, 0.3) is 0 Å². The lowest BCUT2D eigenvalue weighted by atomic mass is 10.0. The van der Waals surface area contributed by atoms with Gasteiger partial charge < -0.3 is 0 Å². The van der Waals surface area contributed by atoms with Crippen molar-refractivity contribution in [3.05, 3.63) is 63.9 Å². The molecule has 2 nitrogen and oxygen atoms in total. The Balaban J connectivity index is 2.41. The Kier molecular flexibility index (Phi) is 3.81. The van der Waals surface area contributed by atoms with Crippen LogP contribution in [-0.2, 0) is 6.18 Å². The second-order valence-corrected chi connectivity index (χ2v) is 4.59. The van der Waals surface area contributed by atoms with Gasteiger partial charge in [0, 0.05) is 5.56 Å². The van der Waals surface area contributed by atoms with Crippen LogP contribution in [0.2, 0.25) is 5.15 Å². The first-order chi connectivity index (χ1) is 9.29. The van der Waals surface area contributed by atoms with Crippen LogP contribution in [0.3, 0.4) is 0 Å². The summed E-state index contributed by atoms with van der Waals surface area (Å²) in [6.45, 7) is 1.81. The molecule has 1 aromatic carbocycles. The fraction of sp³-hybridized carbons (Fsp3) is 0.143. The van der Waals surface area contributed by atoms with Gasteiger partial charge >= 0.3 is 6.18 Å². The number of halogens is 4. The first kappa shape index (κ1) is 14.5. The molecule has 0 unspecified atom stereocenters. The fourth-order valence-corrected chi connectivity index (χ4v) is 1.94. The molecule has 0 aliphatic rings. The minimum absolute atomic E-state index is 0.0507. The fourth-order valence-electron chi connectivity index (χ4n) is 1.70. The molecule has 1 aromatic heterocycles. The average Bonchev–Trinajstić information content (AvgIpc) is 2.36. The van der Waals surface area contributed by atoms with Gasteiger partial charge in [-0.05, 0) is 25.1 Å². The van der Waals surface area contributed by atoms with E-state index in [0.717, 1.165) is 17.7 Å². The third-order valence-corrected chi connectivity index (χ3v) is 2.95. The molecule has 0 fully saturated rings. The lowest BCUT2D eigenvalue weighted by Crippen LogP contribution is -2.11. The molecule has 1 heterocycles. The Bertz CT molecular complexity index is 668. The van der Waals surface area contributed by atoms with E-state index in [1.807, 2.05) is 13.0 Å². The molecule has 0 saturated carbocycles. The maximum Gasteiger partial charge on any atom is 0.433 e. The van der Waals surface area contributed by atoms with Crippen LogP contribution >= 0.6 is 11.6 Å². The highest BCUT2D eigenvalue weighted by atomic mass is 35.5. The number of rotatable bonds is 2. The van der Waals surface area contributed by atoms with Gasteiger partial charge in [-0.2, -0.15) is 13.2 Å². The Labute approximate surface area is 118 Å². The van der Waals surface area contributed by atoms with Gasteiger partial charge in [0.2, 0.25) is 0 Å². The van der Waals surface area contributed by atoms with E-state index in [2.05, 4.69) is 4.98 Å². The molecule has 2 rings (SSSR count). The first-order valence-electron chi connectivity index (χ1n) is 5.64. The topological polar surface area (TPSA) is 30.0 Å². The maximum atomic E-state index is 12.5. The minimum atomic E-state index is -4.59. The number of carbonyl (C=O) groups excluding carboxylic acids is 1. The van der Waals surface area contributed by atoms with Crippen molar-refractivity contribution in [2.24, 2.45) is 0 Å². The van der Waals surface area contributed by atoms with Gasteiger partial charge in [-0.25, -0.2) is 4.98 Å². The number of carbonyl (C=O) groups is 1. The molecule has 0 aliphatic carbocycles. The molecule has 0 saturated heterocycles. The van der Waals surface area contributed by atoms with Gasteiger partial charge in [-0.15, -0.1) is 0 Å². The molecule has 0 spiro atoms. The predicted octanol–water partition coefficient (Wildman–Crippen LogP) is 4.29. The monoisotopic (exact) mass is 299 g/mol. The third kappa shape index (κ3) is 2.99. The summed E-state index contributed by atoms with van der Waals surface area (Å²) in [6.07, 6.45) is -4.59. The molecular formula is C14H9ClF3NO. The lowest BCUT2D eigenvalue weighted by molar-refractivity contribution is -0.141. The van der Waals surface area contributed by atoms with Crippen molar-refractivity contribution in [3.8, 4) is 0 Å². The van der Waals surface area contributed by atoms with E-state index in [-0.39, 0.29) is 5.56 Å². The summed E-state index contributed by atoms with van der Waals surface area (Å²) in [5.41, 5.74) is 0.0499. The molecular weight excluding hydrogens is 291 g/mol. The molecule has 0 atom stereocenters. The smallest absolute Gasteiger partial charge is 0.288 e. The van der Waals surface area contributed by atoms with E-state index in [1.54, 1.807) is 18.2 Å². The highest BCUT2D eigenvalue weighted by Gasteiger charge is 2.33. The van der Waals surface area contributed by atoms with Crippen LogP contribution in [0.1, 0.15) is 27.2 Å². The second kappa shape index (κ2) is 5.25. The van der Waals surface area contributed by atoms with Crippen LogP contribution in [0.4, 0.5) is 13.2 Å². The zero-order valence-electron chi connectivity index (χ0n) is 10.3. The predicted molar refractivity (Wildman–Crippen MR) is 68.9 cm³/mol. The normalized spacial score (nSPS) is 11.4. The Morgan fingerprint density at radius 1 is 1.20 bits per heavy atom. The van der Waals surface area contributed by atoms with Crippen LogP contribution in [0, 0.1) is 6.92 Å². The van der Waals surface area contributed by atoms with Crippen LogP contribution in [0.5, 0.6) is 0 Å². The minimum Gasteiger partial charge on any atom is -0.288 e. The van der Waals surface area contributed by atoms with Crippen molar-refractivity contribution >= 4 is 17.4 Å². The Morgan fingerprint density at radius 2 is 1.90 bits per heavy atom. The molecule has 6 heteroatoms. The van der Waals surface area contributed by atoms with Crippen molar-refractivity contribution in [2.45, 2.75) is 13.1 Å². The van der Waals surface area contributed by atoms with Crippen LogP contribution in [-0.4, -0.2) is 10.8 Å². The molecule has 0 amide bonds. The second-order valence-electron chi connectivity index (χ2n) is 4.23. The number of hydrogen-bond acceptors (Lipinski definition) is 2. The number of alkyl halides is 3. The van der Waals surface area contributed by atoms with Gasteiger partial charge in [0.05, 0.1) is 5.56 Å². The zero-order valence-corrected chi connectivity index (χ0v) is 11.1. The first-order valence-corrected chi connectivity index (χ1v) is 6.02. The summed E-state index contributed by atoms with van der Waals surface area (Å²) in [4.78, 5) is 15.4. The van der Waals surface area contributed by atoms with Crippen molar-refractivity contribution in [1.29, 1.82) is 0 Å². The Morgan fingerprint density at radius 3 is 2.45 bits per heavy atom. The molecule has 0 aliphatic heterocycles. The highest BCUT2D eigenvalue weighted by molar-refractivity contribution is 6.33. The molecule has 0 N–H and O–H groups in total. The summed E-state index contributed by atoms with van der Waals surface area (Å²) in [6, 6.07) is 8.49. The average molecular weight is 300 g/mol. The molecule has 2 aromatic rings. The number of aromatic nitrogens is 1. The number of nitrogens with zero attached hydrogens (tertiary/aromatic N) is 1. The number of aryl methyl sites for hydroxylation is 1. The molecule has 20 heavy (non-hydrogen) atoms. The number of hydrogen-bond donors (Lipinski definition) is 0.